The molecule has 4 fully saturated rings. The first kappa shape index (κ1) is 30.1. The van der Waals surface area contributed by atoms with E-state index in [0.29, 0.717) is 55.2 Å². The fourth-order valence-electron chi connectivity index (χ4n) is 8.37. The highest BCUT2D eigenvalue weighted by atomic mass is 16.4. The van der Waals surface area contributed by atoms with E-state index >= 15 is 0 Å². The summed E-state index contributed by atoms with van der Waals surface area (Å²) in [4.78, 5) is 47.4. The molecule has 3 aliphatic carbocycles. The molecule has 0 aromatic carbocycles. The Balaban J connectivity index is 1.17. The van der Waals surface area contributed by atoms with Crippen LogP contribution < -0.4 is 0 Å². The topological polar surface area (TPSA) is 104 Å². The SMILES string of the molecule is CC1(C)CCC(c2cc(C(C)(C)C)c3oc(C(=O)N4CCN(C(=O)C5CC6(CC(C(=O)O)C6)C5)CC4(C)C)cc3n2)CC1. The van der Waals surface area contributed by atoms with E-state index < -0.39 is 11.5 Å². The number of carboxylic acids is 1. The number of fused-ring (bicyclic) bond motifs is 1. The van der Waals surface area contributed by atoms with Gasteiger partial charge in [-0.2, -0.15) is 0 Å². The maximum atomic E-state index is 14.0. The molecule has 4 aliphatic rings. The molecule has 2 amide bonds. The summed E-state index contributed by atoms with van der Waals surface area (Å²) in [6, 6.07) is 4.04. The molecule has 2 aromatic heterocycles. The number of carbonyl (C=O) groups excluding carboxylic acids is 2. The molecule has 43 heavy (non-hydrogen) atoms. The number of aromatic nitrogens is 1. The number of carboxylic acid groups (broad SMARTS) is 1. The monoisotopic (exact) mass is 591 g/mol. The Kier molecular flexibility index (Phi) is 7.05. The fourth-order valence-corrected chi connectivity index (χ4v) is 8.37. The van der Waals surface area contributed by atoms with E-state index in [-0.39, 0.29) is 34.5 Å². The maximum Gasteiger partial charge on any atom is 0.306 e. The summed E-state index contributed by atoms with van der Waals surface area (Å²) in [6.07, 6.45) is 7.60. The highest BCUT2D eigenvalue weighted by Crippen LogP contribution is 2.61. The van der Waals surface area contributed by atoms with Crippen LogP contribution in [0.5, 0.6) is 0 Å². The summed E-state index contributed by atoms with van der Waals surface area (Å²) in [5.74, 6) is -0.282. The molecule has 0 unspecified atom stereocenters. The zero-order valence-electron chi connectivity index (χ0n) is 27.1. The lowest BCUT2D eigenvalue weighted by Gasteiger charge is -2.57. The van der Waals surface area contributed by atoms with Crippen LogP contribution in [0.1, 0.15) is 128 Å². The standard InChI is InChI=1S/C35H49N3O5/c1-32(2,3)24-14-25(21-8-10-33(4,5)11-9-21)36-26-15-27(43-28(24)26)30(40)38-13-12-37(20-34(38,6)7)29(39)22-16-35(17-22)18-23(19-35)31(41)42/h14-15,21-23H,8-13,16-20H2,1-7H3,(H,41,42). The number of hydrogen-bond donors (Lipinski definition) is 1. The summed E-state index contributed by atoms with van der Waals surface area (Å²) in [5, 5.41) is 9.23. The quantitative estimate of drug-likeness (QED) is 0.421. The lowest BCUT2D eigenvalue weighted by Crippen LogP contribution is -2.64. The maximum absolute atomic E-state index is 14.0. The van der Waals surface area contributed by atoms with E-state index in [9.17, 15) is 19.5 Å². The molecule has 1 saturated heterocycles. The van der Waals surface area contributed by atoms with Gasteiger partial charge in [-0.15, -0.1) is 0 Å². The summed E-state index contributed by atoms with van der Waals surface area (Å²) < 4.78 is 6.34. The number of piperazine rings is 1. The first-order chi connectivity index (χ1) is 20.0. The molecular weight excluding hydrogens is 542 g/mol. The van der Waals surface area contributed by atoms with Crippen molar-refractivity contribution in [2.75, 3.05) is 19.6 Å². The van der Waals surface area contributed by atoms with Crippen molar-refractivity contribution < 1.29 is 23.9 Å². The van der Waals surface area contributed by atoms with Crippen molar-refractivity contribution in [3.05, 3.63) is 29.2 Å². The largest absolute Gasteiger partial charge is 0.481 e. The number of nitrogens with zero attached hydrogens (tertiary/aromatic N) is 3. The van der Waals surface area contributed by atoms with Crippen LogP contribution in [0, 0.1) is 22.7 Å². The van der Waals surface area contributed by atoms with E-state index in [1.54, 1.807) is 0 Å². The molecule has 0 atom stereocenters. The van der Waals surface area contributed by atoms with Gasteiger partial charge in [0.05, 0.1) is 11.5 Å². The number of aliphatic carboxylic acids is 1. The normalized spacial score (nSPS) is 28.9. The van der Waals surface area contributed by atoms with Gasteiger partial charge in [-0.3, -0.25) is 14.4 Å². The van der Waals surface area contributed by atoms with Crippen LogP contribution in [-0.2, 0) is 15.0 Å². The minimum Gasteiger partial charge on any atom is -0.481 e. The number of furan rings is 1. The van der Waals surface area contributed by atoms with Gasteiger partial charge in [0.1, 0.15) is 5.52 Å². The van der Waals surface area contributed by atoms with Crippen LogP contribution in [0.15, 0.2) is 16.5 Å². The Morgan fingerprint density at radius 1 is 0.953 bits per heavy atom. The Morgan fingerprint density at radius 2 is 1.58 bits per heavy atom. The highest BCUT2D eigenvalue weighted by Gasteiger charge is 2.57. The first-order valence-electron chi connectivity index (χ1n) is 16.3. The van der Waals surface area contributed by atoms with Gasteiger partial charge in [0.2, 0.25) is 5.91 Å². The van der Waals surface area contributed by atoms with Crippen LogP contribution in [0.2, 0.25) is 0 Å². The molecule has 2 aromatic rings. The molecule has 234 valence electrons. The number of hydrogen-bond acceptors (Lipinski definition) is 5. The third-order valence-electron chi connectivity index (χ3n) is 11.2. The Morgan fingerprint density at radius 3 is 2.16 bits per heavy atom. The van der Waals surface area contributed by atoms with E-state index in [1.807, 2.05) is 29.7 Å². The number of pyridine rings is 1. The molecule has 8 nitrogen and oxygen atoms in total. The zero-order valence-corrected chi connectivity index (χ0v) is 27.1. The van der Waals surface area contributed by atoms with Crippen molar-refractivity contribution in [1.29, 1.82) is 0 Å². The highest BCUT2D eigenvalue weighted by molar-refractivity contribution is 5.96. The van der Waals surface area contributed by atoms with Crippen molar-refractivity contribution >= 4 is 28.9 Å². The molecule has 6 rings (SSSR count). The van der Waals surface area contributed by atoms with Crippen molar-refractivity contribution in [2.45, 2.75) is 117 Å². The fraction of sp³-hybridized carbons (Fsp3) is 0.714. The van der Waals surface area contributed by atoms with Gasteiger partial charge in [-0.05, 0) is 87.5 Å². The van der Waals surface area contributed by atoms with E-state index in [0.717, 1.165) is 42.5 Å². The third-order valence-corrected chi connectivity index (χ3v) is 11.2. The van der Waals surface area contributed by atoms with E-state index in [2.05, 4.69) is 40.7 Å². The molecule has 0 radical (unpaired) electrons. The average molecular weight is 592 g/mol. The zero-order chi connectivity index (χ0) is 31.1. The summed E-state index contributed by atoms with van der Waals surface area (Å²) in [7, 11) is 0. The lowest BCUT2D eigenvalue weighted by atomic mass is 9.48. The summed E-state index contributed by atoms with van der Waals surface area (Å²) in [5.41, 5.74) is 3.36. The smallest absolute Gasteiger partial charge is 0.306 e. The first-order valence-corrected chi connectivity index (χ1v) is 16.3. The molecule has 8 heteroatoms. The third kappa shape index (κ3) is 5.48. The minimum atomic E-state index is -0.716. The minimum absolute atomic E-state index is 0.0329. The van der Waals surface area contributed by atoms with Gasteiger partial charge in [0, 0.05) is 48.8 Å². The molecular formula is C35H49N3O5. The van der Waals surface area contributed by atoms with Crippen LogP contribution in [0.25, 0.3) is 11.1 Å². The Labute approximate surface area is 255 Å². The number of amides is 2. The molecule has 1 N–H and O–H groups in total. The van der Waals surface area contributed by atoms with Crippen LogP contribution in [0.4, 0.5) is 0 Å². The molecule has 0 bridgehead atoms. The van der Waals surface area contributed by atoms with Crippen LogP contribution >= 0.6 is 0 Å². The van der Waals surface area contributed by atoms with Gasteiger partial charge < -0.3 is 19.3 Å². The Bertz CT molecular complexity index is 1440. The molecule has 1 spiro atoms. The van der Waals surface area contributed by atoms with Gasteiger partial charge >= 0.3 is 5.97 Å². The Hall–Kier alpha value is -2.90. The number of carbonyl (C=O) groups is 3. The summed E-state index contributed by atoms with van der Waals surface area (Å²) in [6.45, 7) is 16.7. The predicted octanol–water partition coefficient (Wildman–Crippen LogP) is 6.76. The van der Waals surface area contributed by atoms with Crippen molar-refractivity contribution in [2.24, 2.45) is 22.7 Å². The molecule has 3 saturated carbocycles. The van der Waals surface area contributed by atoms with Gasteiger partial charge in [-0.1, -0.05) is 34.6 Å². The van der Waals surface area contributed by atoms with Gasteiger partial charge in [0.15, 0.2) is 11.3 Å². The second kappa shape index (κ2) is 10.1. The van der Waals surface area contributed by atoms with Crippen molar-refractivity contribution in [3.8, 4) is 0 Å². The number of rotatable bonds is 4. The van der Waals surface area contributed by atoms with Crippen LogP contribution in [-0.4, -0.2) is 62.8 Å². The van der Waals surface area contributed by atoms with Crippen molar-refractivity contribution in [1.82, 2.24) is 14.8 Å². The average Bonchev–Trinajstić information content (AvgIpc) is 3.29. The second-order valence-electron chi connectivity index (χ2n) is 16.7. The molecule has 1 aliphatic heterocycles. The van der Waals surface area contributed by atoms with Crippen LogP contribution in [0.3, 0.4) is 0 Å². The molecule has 3 heterocycles. The lowest BCUT2D eigenvalue weighted by molar-refractivity contribution is -0.166. The van der Waals surface area contributed by atoms with E-state index in [4.69, 9.17) is 9.40 Å². The predicted molar refractivity (Wildman–Crippen MR) is 165 cm³/mol. The second-order valence-corrected chi connectivity index (χ2v) is 16.7. The van der Waals surface area contributed by atoms with Gasteiger partial charge in [0.25, 0.3) is 5.91 Å². The van der Waals surface area contributed by atoms with Gasteiger partial charge in [-0.25, -0.2) is 4.98 Å². The van der Waals surface area contributed by atoms with Crippen molar-refractivity contribution in [3.63, 3.8) is 0 Å². The van der Waals surface area contributed by atoms with E-state index in [1.165, 1.54) is 12.8 Å². The summed E-state index contributed by atoms with van der Waals surface area (Å²) >= 11 is 0.